The second kappa shape index (κ2) is 7.59. The Morgan fingerprint density at radius 2 is 2.00 bits per heavy atom. The van der Waals surface area contributed by atoms with E-state index in [0.29, 0.717) is 6.54 Å². The molecule has 4 nitrogen and oxygen atoms in total. The van der Waals surface area contributed by atoms with Crippen molar-refractivity contribution < 1.29 is 4.79 Å². The maximum absolute atomic E-state index is 12.2. The molecule has 1 amide bonds. The monoisotopic (exact) mass is 357 g/mol. The Labute approximate surface area is 149 Å². The van der Waals surface area contributed by atoms with Crippen molar-refractivity contribution in [3.8, 4) is 11.3 Å². The molecule has 0 aliphatic carbocycles. The lowest BCUT2D eigenvalue weighted by atomic mass is 10.1. The summed E-state index contributed by atoms with van der Waals surface area (Å²) in [4.78, 5) is 17.8. The van der Waals surface area contributed by atoms with Crippen LogP contribution in [0.15, 0.2) is 47.2 Å². The molecule has 0 spiro atoms. The number of benzene rings is 1. The third-order valence-corrected chi connectivity index (χ3v) is 5.24. The summed E-state index contributed by atoms with van der Waals surface area (Å²) >= 11 is 3.29. The van der Waals surface area contributed by atoms with Crippen LogP contribution < -0.4 is 10.6 Å². The lowest BCUT2D eigenvalue weighted by Gasteiger charge is -2.15. The number of hydrogen-bond acceptors (Lipinski definition) is 5. The number of carbonyl (C=O) groups is 1. The average molecular weight is 358 g/mol. The lowest BCUT2D eigenvalue weighted by molar-refractivity contribution is -0.121. The van der Waals surface area contributed by atoms with Gasteiger partial charge < -0.3 is 10.6 Å². The molecule has 0 saturated carbocycles. The standard InChI is InChI=1S/C18H19N3OS2/c1-12(18(22)19-10-16-4-3-9-23-16)20-15-7-5-14(6-8-15)17-11-24-13(2)21-17/h3-9,11-12,20H,10H2,1-2H3,(H,19,22)/t12-/m0/s1. The molecule has 0 unspecified atom stereocenters. The third-order valence-electron chi connectivity index (χ3n) is 3.59. The van der Waals surface area contributed by atoms with E-state index in [4.69, 9.17) is 0 Å². The van der Waals surface area contributed by atoms with Crippen molar-refractivity contribution in [1.82, 2.24) is 10.3 Å². The average Bonchev–Trinajstić information content (AvgIpc) is 3.25. The molecule has 2 heterocycles. The van der Waals surface area contributed by atoms with Gasteiger partial charge in [0.05, 0.1) is 17.2 Å². The van der Waals surface area contributed by atoms with E-state index in [1.54, 1.807) is 22.7 Å². The predicted octanol–water partition coefficient (Wildman–Crippen LogP) is 4.30. The minimum Gasteiger partial charge on any atom is -0.374 e. The number of aryl methyl sites for hydroxylation is 1. The van der Waals surface area contributed by atoms with Gasteiger partial charge in [-0.2, -0.15) is 0 Å². The van der Waals surface area contributed by atoms with Crippen LogP contribution >= 0.6 is 22.7 Å². The number of carbonyl (C=O) groups excluding carboxylic acids is 1. The highest BCUT2D eigenvalue weighted by Crippen LogP contribution is 2.23. The molecule has 3 aromatic rings. The summed E-state index contributed by atoms with van der Waals surface area (Å²) < 4.78 is 0. The predicted molar refractivity (Wildman–Crippen MR) is 102 cm³/mol. The number of nitrogens with zero attached hydrogens (tertiary/aromatic N) is 1. The van der Waals surface area contributed by atoms with E-state index in [9.17, 15) is 4.79 Å². The van der Waals surface area contributed by atoms with E-state index in [2.05, 4.69) is 21.0 Å². The van der Waals surface area contributed by atoms with E-state index < -0.39 is 0 Å². The van der Waals surface area contributed by atoms with Gasteiger partial charge in [0.2, 0.25) is 5.91 Å². The fraction of sp³-hybridized carbons (Fsp3) is 0.222. The summed E-state index contributed by atoms with van der Waals surface area (Å²) in [5.41, 5.74) is 3.00. The van der Waals surface area contributed by atoms with Gasteiger partial charge in [0.15, 0.2) is 0 Å². The van der Waals surface area contributed by atoms with Crippen LogP contribution in [0.1, 0.15) is 16.8 Å². The molecule has 2 aromatic heterocycles. The number of aromatic nitrogens is 1. The Morgan fingerprint density at radius 1 is 1.21 bits per heavy atom. The Balaban J connectivity index is 1.55. The Kier molecular flexibility index (Phi) is 5.27. The molecule has 2 N–H and O–H groups in total. The van der Waals surface area contributed by atoms with Crippen molar-refractivity contribution in [2.24, 2.45) is 0 Å². The van der Waals surface area contributed by atoms with Gasteiger partial charge in [0.25, 0.3) is 0 Å². The smallest absolute Gasteiger partial charge is 0.242 e. The van der Waals surface area contributed by atoms with Crippen molar-refractivity contribution in [2.45, 2.75) is 26.4 Å². The highest BCUT2D eigenvalue weighted by Gasteiger charge is 2.12. The molecule has 24 heavy (non-hydrogen) atoms. The van der Waals surface area contributed by atoms with Crippen LogP contribution in [0.4, 0.5) is 5.69 Å². The molecule has 0 aliphatic heterocycles. The number of thiophene rings is 1. The largest absolute Gasteiger partial charge is 0.374 e. The van der Waals surface area contributed by atoms with E-state index in [1.165, 1.54) is 0 Å². The molecule has 1 atom stereocenters. The normalized spacial score (nSPS) is 11.9. The molecule has 3 rings (SSSR count). The molecule has 0 fully saturated rings. The number of hydrogen-bond donors (Lipinski definition) is 2. The van der Waals surface area contributed by atoms with Crippen LogP contribution in [0.3, 0.4) is 0 Å². The minimum atomic E-state index is -0.294. The van der Waals surface area contributed by atoms with Crippen molar-refractivity contribution in [3.63, 3.8) is 0 Å². The molecule has 1 aromatic carbocycles. The van der Waals surface area contributed by atoms with Crippen LogP contribution in [0.5, 0.6) is 0 Å². The van der Waals surface area contributed by atoms with Crippen molar-refractivity contribution in [2.75, 3.05) is 5.32 Å². The minimum absolute atomic E-state index is 0.0115. The first-order chi connectivity index (χ1) is 11.6. The lowest BCUT2D eigenvalue weighted by Crippen LogP contribution is -2.37. The van der Waals surface area contributed by atoms with E-state index in [-0.39, 0.29) is 11.9 Å². The third kappa shape index (κ3) is 4.21. The van der Waals surface area contributed by atoms with Gasteiger partial charge in [0, 0.05) is 21.5 Å². The Bertz CT molecular complexity index is 794. The zero-order valence-corrected chi connectivity index (χ0v) is 15.2. The van der Waals surface area contributed by atoms with Crippen molar-refractivity contribution in [3.05, 3.63) is 57.0 Å². The van der Waals surface area contributed by atoms with Crippen molar-refractivity contribution in [1.29, 1.82) is 0 Å². The molecule has 0 bridgehead atoms. The first-order valence-corrected chi connectivity index (χ1v) is 9.47. The van der Waals surface area contributed by atoms with Crippen LogP contribution in [-0.2, 0) is 11.3 Å². The Morgan fingerprint density at radius 3 is 2.62 bits per heavy atom. The highest BCUT2D eigenvalue weighted by atomic mass is 32.1. The van der Waals surface area contributed by atoms with Gasteiger partial charge in [-0.05, 0) is 37.4 Å². The van der Waals surface area contributed by atoms with Gasteiger partial charge in [-0.25, -0.2) is 4.98 Å². The fourth-order valence-electron chi connectivity index (χ4n) is 2.29. The Hall–Kier alpha value is -2.18. The second-order valence-electron chi connectivity index (χ2n) is 5.49. The van der Waals surface area contributed by atoms with Gasteiger partial charge >= 0.3 is 0 Å². The SMILES string of the molecule is Cc1nc(-c2ccc(N[C@@H](C)C(=O)NCc3cccs3)cc2)cs1. The quantitative estimate of drug-likeness (QED) is 0.692. The van der Waals surface area contributed by atoms with Gasteiger partial charge in [0.1, 0.15) is 6.04 Å². The summed E-state index contributed by atoms with van der Waals surface area (Å²) in [5, 5.41) is 11.3. The van der Waals surface area contributed by atoms with Gasteiger partial charge in [-0.15, -0.1) is 22.7 Å². The summed E-state index contributed by atoms with van der Waals surface area (Å²) in [5.74, 6) is -0.0115. The second-order valence-corrected chi connectivity index (χ2v) is 7.59. The molecular formula is C18H19N3OS2. The number of rotatable bonds is 6. The first kappa shape index (κ1) is 16.7. The summed E-state index contributed by atoms with van der Waals surface area (Å²) in [6, 6.07) is 11.7. The molecular weight excluding hydrogens is 338 g/mol. The summed E-state index contributed by atoms with van der Waals surface area (Å²) in [6.07, 6.45) is 0. The first-order valence-electron chi connectivity index (χ1n) is 7.71. The maximum Gasteiger partial charge on any atom is 0.242 e. The van der Waals surface area contributed by atoms with Gasteiger partial charge in [-0.3, -0.25) is 4.79 Å². The number of anilines is 1. The van der Waals surface area contributed by atoms with E-state index in [1.807, 2.05) is 55.6 Å². The van der Waals surface area contributed by atoms with Crippen LogP contribution in [-0.4, -0.2) is 16.9 Å². The number of amides is 1. The number of nitrogens with one attached hydrogen (secondary N) is 2. The molecule has 124 valence electrons. The van der Waals surface area contributed by atoms with E-state index in [0.717, 1.165) is 26.8 Å². The van der Waals surface area contributed by atoms with Crippen LogP contribution in [0, 0.1) is 6.92 Å². The van der Waals surface area contributed by atoms with E-state index >= 15 is 0 Å². The van der Waals surface area contributed by atoms with Gasteiger partial charge in [-0.1, -0.05) is 18.2 Å². The van der Waals surface area contributed by atoms with Crippen molar-refractivity contribution >= 4 is 34.3 Å². The zero-order valence-electron chi connectivity index (χ0n) is 13.6. The summed E-state index contributed by atoms with van der Waals surface area (Å²) in [7, 11) is 0. The number of thiazole rings is 1. The topological polar surface area (TPSA) is 54.0 Å². The fourth-order valence-corrected chi connectivity index (χ4v) is 3.56. The zero-order chi connectivity index (χ0) is 16.9. The molecule has 6 heteroatoms. The maximum atomic E-state index is 12.2. The molecule has 0 aliphatic rings. The summed E-state index contributed by atoms with van der Waals surface area (Å²) in [6.45, 7) is 4.44. The highest BCUT2D eigenvalue weighted by molar-refractivity contribution is 7.10. The van der Waals surface area contributed by atoms with Crippen LogP contribution in [0.2, 0.25) is 0 Å². The molecule has 0 radical (unpaired) electrons. The molecule has 0 saturated heterocycles. The van der Waals surface area contributed by atoms with Crippen LogP contribution in [0.25, 0.3) is 11.3 Å².